The van der Waals surface area contributed by atoms with Crippen molar-refractivity contribution < 1.29 is 0 Å². The molecule has 0 saturated carbocycles. The molecule has 0 saturated heterocycles. The molecule has 102 valence electrons. The smallest absolute Gasteiger partial charge is 0.141 e. The van der Waals surface area contributed by atoms with Crippen LogP contribution in [-0.4, -0.2) is 9.55 Å². The quantitative estimate of drug-likeness (QED) is 0.704. The Balaban J connectivity index is 2.29. The first-order valence-corrected chi connectivity index (χ1v) is 7.20. The van der Waals surface area contributed by atoms with Crippen LogP contribution in [0.15, 0.2) is 40.9 Å². The summed E-state index contributed by atoms with van der Waals surface area (Å²) in [6.45, 7) is 2.94. The number of anilines is 2. The van der Waals surface area contributed by atoms with E-state index in [1.54, 1.807) is 6.07 Å². The predicted molar refractivity (Wildman–Crippen MR) is 87.4 cm³/mol. The van der Waals surface area contributed by atoms with Crippen molar-refractivity contribution >= 4 is 38.3 Å². The van der Waals surface area contributed by atoms with E-state index in [4.69, 9.17) is 16.5 Å². The molecule has 0 aliphatic rings. The van der Waals surface area contributed by atoms with Crippen LogP contribution in [0.25, 0.3) is 22.4 Å². The second kappa shape index (κ2) is 4.83. The van der Waals surface area contributed by atoms with Crippen LogP contribution in [0.1, 0.15) is 6.92 Å². The van der Waals surface area contributed by atoms with Crippen molar-refractivity contribution in [3.05, 3.63) is 40.9 Å². The minimum Gasteiger partial charge on any atom is -0.399 e. The molecule has 0 spiro atoms. The molecule has 4 N–H and O–H groups in total. The van der Waals surface area contributed by atoms with E-state index in [2.05, 4.69) is 33.5 Å². The Hall–Kier alpha value is -2.01. The molecule has 4 nitrogen and oxygen atoms in total. The van der Waals surface area contributed by atoms with Gasteiger partial charge in [0.25, 0.3) is 0 Å². The van der Waals surface area contributed by atoms with Crippen molar-refractivity contribution in [1.29, 1.82) is 0 Å². The third kappa shape index (κ3) is 2.14. The Kier molecular flexibility index (Phi) is 3.14. The van der Waals surface area contributed by atoms with Crippen molar-refractivity contribution in [1.82, 2.24) is 9.55 Å². The molecule has 0 amide bonds. The number of nitrogens with zero attached hydrogens (tertiary/aromatic N) is 2. The molecule has 5 heteroatoms. The zero-order chi connectivity index (χ0) is 14.3. The second-order valence-corrected chi connectivity index (χ2v) is 5.62. The number of imidazole rings is 1. The van der Waals surface area contributed by atoms with E-state index in [9.17, 15) is 0 Å². The van der Waals surface area contributed by atoms with E-state index in [1.807, 2.05) is 24.3 Å². The standard InChI is InChI=1S/C15H15BrN4/c1-2-20-14-4-3-10(16)7-13(14)19-15(20)9-5-11(17)8-12(18)6-9/h3-8H,2,17-18H2,1H3. The number of halogens is 1. The summed E-state index contributed by atoms with van der Waals surface area (Å²) >= 11 is 3.48. The molecular weight excluding hydrogens is 316 g/mol. The number of fused-ring (bicyclic) bond motifs is 1. The summed E-state index contributed by atoms with van der Waals surface area (Å²) < 4.78 is 3.18. The Morgan fingerprint density at radius 1 is 1.10 bits per heavy atom. The van der Waals surface area contributed by atoms with Crippen molar-refractivity contribution in [3.63, 3.8) is 0 Å². The van der Waals surface area contributed by atoms with Crippen LogP contribution in [0, 0.1) is 0 Å². The van der Waals surface area contributed by atoms with Gasteiger partial charge in [0, 0.05) is 28.0 Å². The van der Waals surface area contributed by atoms with Gasteiger partial charge in [-0.1, -0.05) is 15.9 Å². The highest BCUT2D eigenvalue weighted by Crippen LogP contribution is 2.29. The highest BCUT2D eigenvalue weighted by Gasteiger charge is 2.12. The fourth-order valence-electron chi connectivity index (χ4n) is 2.45. The van der Waals surface area contributed by atoms with E-state index < -0.39 is 0 Å². The molecule has 0 aliphatic carbocycles. The lowest BCUT2D eigenvalue weighted by Crippen LogP contribution is -1.99. The van der Waals surface area contributed by atoms with Gasteiger partial charge in [-0.2, -0.15) is 0 Å². The summed E-state index contributed by atoms with van der Waals surface area (Å²) in [6, 6.07) is 11.7. The molecule has 3 rings (SSSR count). The van der Waals surface area contributed by atoms with E-state index in [1.165, 1.54) is 0 Å². The molecule has 20 heavy (non-hydrogen) atoms. The number of hydrogen-bond acceptors (Lipinski definition) is 3. The lowest BCUT2D eigenvalue weighted by atomic mass is 10.1. The van der Waals surface area contributed by atoms with Gasteiger partial charge in [-0.15, -0.1) is 0 Å². The van der Waals surface area contributed by atoms with Gasteiger partial charge in [-0.05, 0) is 43.3 Å². The molecule has 1 aromatic heterocycles. The highest BCUT2D eigenvalue weighted by atomic mass is 79.9. The van der Waals surface area contributed by atoms with Gasteiger partial charge in [-0.3, -0.25) is 0 Å². The van der Waals surface area contributed by atoms with Gasteiger partial charge in [0.05, 0.1) is 11.0 Å². The molecule has 0 bridgehead atoms. The normalized spacial score (nSPS) is 11.1. The summed E-state index contributed by atoms with van der Waals surface area (Å²) in [7, 11) is 0. The lowest BCUT2D eigenvalue weighted by Gasteiger charge is -2.08. The van der Waals surface area contributed by atoms with Crippen LogP contribution in [0.2, 0.25) is 0 Å². The van der Waals surface area contributed by atoms with Crippen LogP contribution in [0.3, 0.4) is 0 Å². The molecule has 0 unspecified atom stereocenters. The minimum absolute atomic E-state index is 0.649. The van der Waals surface area contributed by atoms with Gasteiger partial charge in [0.15, 0.2) is 0 Å². The summed E-state index contributed by atoms with van der Waals surface area (Å²) in [6.07, 6.45) is 0. The maximum Gasteiger partial charge on any atom is 0.141 e. The van der Waals surface area contributed by atoms with Crippen LogP contribution >= 0.6 is 15.9 Å². The number of aromatic nitrogens is 2. The average Bonchev–Trinajstić information content (AvgIpc) is 2.75. The SMILES string of the molecule is CCn1c(-c2cc(N)cc(N)c2)nc2cc(Br)ccc21. The van der Waals surface area contributed by atoms with Crippen molar-refractivity contribution in [2.45, 2.75) is 13.5 Å². The Morgan fingerprint density at radius 2 is 1.80 bits per heavy atom. The van der Waals surface area contributed by atoms with Gasteiger partial charge in [-0.25, -0.2) is 4.98 Å². The third-order valence-corrected chi connectivity index (χ3v) is 3.76. The number of benzene rings is 2. The van der Waals surface area contributed by atoms with E-state index in [0.29, 0.717) is 11.4 Å². The number of nitrogens with two attached hydrogens (primary N) is 2. The maximum atomic E-state index is 5.88. The van der Waals surface area contributed by atoms with Crippen molar-refractivity contribution in [3.8, 4) is 11.4 Å². The van der Waals surface area contributed by atoms with E-state index in [-0.39, 0.29) is 0 Å². The fraction of sp³-hybridized carbons (Fsp3) is 0.133. The van der Waals surface area contributed by atoms with Crippen LogP contribution in [0.4, 0.5) is 11.4 Å². The molecular formula is C15H15BrN4. The molecule has 0 fully saturated rings. The molecule has 0 aliphatic heterocycles. The van der Waals surface area contributed by atoms with Crippen LogP contribution in [0.5, 0.6) is 0 Å². The van der Waals surface area contributed by atoms with Gasteiger partial charge >= 0.3 is 0 Å². The summed E-state index contributed by atoms with van der Waals surface area (Å²) in [5.41, 5.74) is 16.1. The first-order chi connectivity index (χ1) is 9.58. The molecule has 1 heterocycles. The number of aryl methyl sites for hydroxylation is 1. The van der Waals surface area contributed by atoms with Gasteiger partial charge in [0.1, 0.15) is 5.82 Å². The lowest BCUT2D eigenvalue weighted by molar-refractivity contribution is 0.796. The molecule has 2 aromatic carbocycles. The van der Waals surface area contributed by atoms with E-state index in [0.717, 1.165) is 33.4 Å². The Bertz CT molecular complexity index is 772. The summed E-state index contributed by atoms with van der Waals surface area (Å²) in [4.78, 5) is 4.72. The van der Waals surface area contributed by atoms with Crippen molar-refractivity contribution in [2.75, 3.05) is 11.5 Å². The number of nitrogen functional groups attached to an aromatic ring is 2. The second-order valence-electron chi connectivity index (χ2n) is 4.70. The zero-order valence-electron chi connectivity index (χ0n) is 11.1. The summed E-state index contributed by atoms with van der Waals surface area (Å²) in [5, 5.41) is 0. The topological polar surface area (TPSA) is 69.9 Å². The number of rotatable bonds is 2. The molecule has 3 aromatic rings. The summed E-state index contributed by atoms with van der Waals surface area (Å²) in [5.74, 6) is 0.889. The molecule has 0 radical (unpaired) electrons. The minimum atomic E-state index is 0.649. The zero-order valence-corrected chi connectivity index (χ0v) is 12.7. The Morgan fingerprint density at radius 3 is 2.45 bits per heavy atom. The van der Waals surface area contributed by atoms with Gasteiger partial charge in [0.2, 0.25) is 0 Å². The fourth-order valence-corrected chi connectivity index (χ4v) is 2.80. The average molecular weight is 331 g/mol. The first-order valence-electron chi connectivity index (χ1n) is 6.40. The molecule has 0 atom stereocenters. The van der Waals surface area contributed by atoms with Gasteiger partial charge < -0.3 is 16.0 Å². The monoisotopic (exact) mass is 330 g/mol. The first kappa shape index (κ1) is 13.0. The van der Waals surface area contributed by atoms with Crippen molar-refractivity contribution in [2.24, 2.45) is 0 Å². The largest absolute Gasteiger partial charge is 0.399 e. The predicted octanol–water partition coefficient (Wildman–Crippen LogP) is 3.65. The third-order valence-electron chi connectivity index (χ3n) is 3.26. The van der Waals surface area contributed by atoms with Crippen LogP contribution < -0.4 is 11.5 Å². The maximum absolute atomic E-state index is 5.88. The van der Waals surface area contributed by atoms with Crippen LogP contribution in [-0.2, 0) is 6.54 Å². The Labute approximate surface area is 125 Å². The number of hydrogen-bond donors (Lipinski definition) is 2. The highest BCUT2D eigenvalue weighted by molar-refractivity contribution is 9.10. The van der Waals surface area contributed by atoms with E-state index >= 15 is 0 Å².